The zero-order chi connectivity index (χ0) is 18.3. The summed E-state index contributed by atoms with van der Waals surface area (Å²) in [6, 6.07) is 0.536. The molecular formula is C18H40N4O2S. The lowest BCUT2D eigenvalue weighted by Crippen LogP contribution is -2.48. The highest BCUT2D eigenvalue weighted by Crippen LogP contribution is 2.01. The van der Waals surface area contributed by atoms with Crippen LogP contribution in [0.5, 0.6) is 0 Å². The summed E-state index contributed by atoms with van der Waals surface area (Å²) in [5, 5.41) is 7.10. The Hall–Kier alpha value is 0.110. The van der Waals surface area contributed by atoms with Crippen molar-refractivity contribution in [2.45, 2.75) is 32.1 Å². The normalized spacial score (nSPS) is 18.1. The quantitative estimate of drug-likeness (QED) is 0.287. The molecule has 0 amide bonds. The van der Waals surface area contributed by atoms with Gasteiger partial charge in [-0.2, -0.15) is 12.6 Å². The van der Waals surface area contributed by atoms with Crippen LogP contribution in [0.15, 0.2) is 0 Å². The van der Waals surface area contributed by atoms with Gasteiger partial charge in [0.25, 0.3) is 0 Å². The molecule has 1 saturated heterocycles. The molecule has 1 aliphatic rings. The number of rotatable bonds is 15. The van der Waals surface area contributed by atoms with Crippen LogP contribution < -0.4 is 10.6 Å². The highest BCUT2D eigenvalue weighted by atomic mass is 32.1. The van der Waals surface area contributed by atoms with E-state index in [1.165, 1.54) is 0 Å². The van der Waals surface area contributed by atoms with Crippen LogP contribution in [-0.2, 0) is 9.47 Å². The van der Waals surface area contributed by atoms with Gasteiger partial charge >= 0.3 is 0 Å². The Kier molecular flexibility index (Phi) is 14.1. The first-order chi connectivity index (χ1) is 12.1. The van der Waals surface area contributed by atoms with E-state index >= 15 is 0 Å². The molecule has 0 radical (unpaired) electrons. The molecule has 0 bridgehead atoms. The first kappa shape index (κ1) is 23.1. The van der Waals surface area contributed by atoms with Crippen molar-refractivity contribution in [2.24, 2.45) is 0 Å². The maximum atomic E-state index is 5.70. The fourth-order valence-electron chi connectivity index (χ4n) is 2.70. The lowest BCUT2D eigenvalue weighted by atomic mass is 10.3. The molecule has 150 valence electrons. The minimum absolute atomic E-state index is 0.401. The number of nitrogens with zero attached hydrogens (tertiary/aromatic N) is 2. The van der Waals surface area contributed by atoms with Crippen LogP contribution in [-0.4, -0.2) is 106 Å². The van der Waals surface area contributed by atoms with Gasteiger partial charge in [-0.25, -0.2) is 0 Å². The van der Waals surface area contributed by atoms with Crippen LogP contribution in [0.4, 0.5) is 0 Å². The molecule has 1 unspecified atom stereocenters. The molecule has 2 N–H and O–H groups in total. The second-order valence-electron chi connectivity index (χ2n) is 7.07. The number of piperazine rings is 1. The van der Waals surface area contributed by atoms with E-state index in [1.807, 2.05) is 0 Å². The van der Waals surface area contributed by atoms with E-state index < -0.39 is 0 Å². The first-order valence-corrected chi connectivity index (χ1v) is 10.3. The molecule has 0 saturated carbocycles. The topological polar surface area (TPSA) is 49.0 Å². The Morgan fingerprint density at radius 3 is 1.84 bits per heavy atom. The van der Waals surface area contributed by atoms with Crippen molar-refractivity contribution in [1.29, 1.82) is 0 Å². The van der Waals surface area contributed by atoms with Gasteiger partial charge in [-0.15, -0.1) is 0 Å². The Morgan fingerprint density at radius 2 is 1.36 bits per heavy atom. The number of hydrogen-bond acceptors (Lipinski definition) is 7. The zero-order valence-electron chi connectivity index (χ0n) is 16.5. The van der Waals surface area contributed by atoms with Crippen molar-refractivity contribution in [3.8, 4) is 0 Å². The van der Waals surface area contributed by atoms with Crippen LogP contribution in [0.1, 0.15) is 20.8 Å². The molecule has 1 aliphatic heterocycles. The Morgan fingerprint density at radius 1 is 0.840 bits per heavy atom. The molecule has 7 heteroatoms. The van der Waals surface area contributed by atoms with Gasteiger partial charge in [0, 0.05) is 70.2 Å². The fourth-order valence-corrected chi connectivity index (χ4v) is 2.83. The number of nitrogens with one attached hydrogen (secondary N) is 2. The van der Waals surface area contributed by atoms with Crippen molar-refractivity contribution >= 4 is 12.6 Å². The Bertz CT molecular complexity index is 301. The van der Waals surface area contributed by atoms with Gasteiger partial charge in [0.15, 0.2) is 0 Å². The molecule has 0 aliphatic carbocycles. The average Bonchev–Trinajstić information content (AvgIpc) is 2.58. The van der Waals surface area contributed by atoms with E-state index in [-0.39, 0.29) is 0 Å². The van der Waals surface area contributed by atoms with Gasteiger partial charge in [-0.3, -0.25) is 9.80 Å². The van der Waals surface area contributed by atoms with Gasteiger partial charge in [0.1, 0.15) is 0 Å². The van der Waals surface area contributed by atoms with E-state index in [1.54, 1.807) is 0 Å². The highest BCUT2D eigenvalue weighted by molar-refractivity contribution is 7.80. The monoisotopic (exact) mass is 376 g/mol. The summed E-state index contributed by atoms with van der Waals surface area (Å²) in [5.41, 5.74) is 0. The first-order valence-electron chi connectivity index (χ1n) is 9.80. The van der Waals surface area contributed by atoms with Crippen molar-refractivity contribution in [2.75, 3.05) is 85.3 Å². The third kappa shape index (κ3) is 13.9. The number of thiol groups is 1. The fraction of sp³-hybridized carbons (Fsp3) is 1.00. The van der Waals surface area contributed by atoms with E-state index in [4.69, 9.17) is 9.47 Å². The molecule has 0 aromatic heterocycles. The summed E-state index contributed by atoms with van der Waals surface area (Å²) < 4.78 is 11.4. The van der Waals surface area contributed by atoms with Crippen LogP contribution in [0, 0.1) is 0 Å². The van der Waals surface area contributed by atoms with Gasteiger partial charge in [0.2, 0.25) is 0 Å². The molecule has 1 heterocycles. The van der Waals surface area contributed by atoms with Crippen molar-refractivity contribution in [1.82, 2.24) is 20.4 Å². The molecule has 1 fully saturated rings. The highest BCUT2D eigenvalue weighted by Gasteiger charge is 2.15. The van der Waals surface area contributed by atoms with Crippen molar-refractivity contribution < 1.29 is 9.47 Å². The number of hydrogen-bond donors (Lipinski definition) is 3. The molecule has 0 spiro atoms. The minimum atomic E-state index is 0.401. The third-order valence-corrected chi connectivity index (χ3v) is 4.41. The van der Waals surface area contributed by atoms with Crippen LogP contribution >= 0.6 is 12.6 Å². The Labute approximate surface area is 160 Å². The summed E-state index contributed by atoms with van der Waals surface area (Å²) in [4.78, 5) is 4.99. The molecular weight excluding hydrogens is 336 g/mol. The second-order valence-corrected chi connectivity index (χ2v) is 7.95. The van der Waals surface area contributed by atoms with Gasteiger partial charge < -0.3 is 20.1 Å². The minimum Gasteiger partial charge on any atom is -0.379 e. The summed E-state index contributed by atoms with van der Waals surface area (Å²) in [6.07, 6.45) is 0. The lowest BCUT2D eigenvalue weighted by molar-refractivity contribution is 0.0577. The standard InChI is InChI=1S/C18H40N4O2S/c1-17(2)20-5-13-24-15-11-22-8-6-21(7-9-22)10-14-23-12-4-19-16-18(3)25/h17-20,25H,4-16H2,1-3H3. The maximum absolute atomic E-state index is 5.70. The number of ether oxygens (including phenoxy) is 2. The molecule has 1 atom stereocenters. The Balaban J connectivity index is 1.87. The predicted octanol–water partition coefficient (Wildman–Crippen LogP) is 0.543. The third-order valence-electron chi connectivity index (χ3n) is 4.23. The van der Waals surface area contributed by atoms with Crippen molar-refractivity contribution in [3.05, 3.63) is 0 Å². The molecule has 25 heavy (non-hydrogen) atoms. The van der Waals surface area contributed by atoms with Crippen LogP contribution in [0.3, 0.4) is 0 Å². The van der Waals surface area contributed by atoms with E-state index in [9.17, 15) is 0 Å². The van der Waals surface area contributed by atoms with Gasteiger partial charge in [-0.05, 0) is 0 Å². The summed E-state index contributed by atoms with van der Waals surface area (Å²) >= 11 is 4.34. The lowest BCUT2D eigenvalue weighted by Gasteiger charge is -2.34. The largest absolute Gasteiger partial charge is 0.379 e. The van der Waals surface area contributed by atoms with Crippen LogP contribution in [0.25, 0.3) is 0 Å². The summed E-state index contributed by atoms with van der Waals surface area (Å²) in [7, 11) is 0. The second kappa shape index (κ2) is 15.2. The average molecular weight is 377 g/mol. The van der Waals surface area contributed by atoms with E-state index in [0.717, 1.165) is 85.3 Å². The van der Waals surface area contributed by atoms with Gasteiger partial charge in [-0.1, -0.05) is 20.8 Å². The van der Waals surface area contributed by atoms with Crippen molar-refractivity contribution in [3.63, 3.8) is 0 Å². The predicted molar refractivity (Wildman–Crippen MR) is 109 cm³/mol. The van der Waals surface area contributed by atoms with E-state index in [2.05, 4.69) is 53.8 Å². The summed E-state index contributed by atoms with van der Waals surface area (Å²) in [6.45, 7) is 19.0. The van der Waals surface area contributed by atoms with E-state index in [0.29, 0.717) is 11.3 Å². The molecule has 0 aromatic rings. The SMILES string of the molecule is CC(S)CNCCOCCN1CCN(CCOCCNC(C)C)CC1. The zero-order valence-corrected chi connectivity index (χ0v) is 17.4. The molecule has 0 aromatic carbocycles. The van der Waals surface area contributed by atoms with Crippen LogP contribution in [0.2, 0.25) is 0 Å². The molecule has 6 nitrogen and oxygen atoms in total. The maximum Gasteiger partial charge on any atom is 0.0594 e. The smallest absolute Gasteiger partial charge is 0.0594 e. The summed E-state index contributed by atoms with van der Waals surface area (Å²) in [5.74, 6) is 0. The molecule has 1 rings (SSSR count). The van der Waals surface area contributed by atoms with Gasteiger partial charge in [0.05, 0.1) is 26.4 Å².